The first-order chi connectivity index (χ1) is 5.49. The Morgan fingerprint density at radius 3 is 2.33 bits per heavy atom. The van der Waals surface area contributed by atoms with Gasteiger partial charge in [0.05, 0.1) is 0 Å². The average Bonchev–Trinajstić information content (AvgIpc) is 1.93. The predicted molar refractivity (Wildman–Crippen MR) is 42.2 cm³/mol. The number of carbonyl (C=O) groups excluding carboxylic acids is 1. The molecule has 1 rings (SSSR count). The van der Waals surface area contributed by atoms with Crippen LogP contribution in [0, 0.1) is 0 Å². The van der Waals surface area contributed by atoms with Crippen molar-refractivity contribution in [2.45, 2.75) is 38.5 Å². The summed E-state index contributed by atoms with van der Waals surface area (Å²) in [5, 5.41) is 0. The molecule has 1 aliphatic carbocycles. The van der Waals surface area contributed by atoms with Gasteiger partial charge in [-0.1, -0.05) is 5.57 Å². The molecule has 0 radical (unpaired) electrons. The Kier molecular flexibility index (Phi) is 2.60. The summed E-state index contributed by atoms with van der Waals surface area (Å²) >= 11 is 0. The molecule has 0 atom stereocenters. The molecule has 0 aliphatic heterocycles. The maximum Gasteiger partial charge on any atom is 0.248 e. The fourth-order valence-electron chi connectivity index (χ4n) is 1.37. The molecule has 68 valence electrons. The Balaban J connectivity index is 2.52. The first-order valence-corrected chi connectivity index (χ1v) is 4.07. The number of halogens is 2. The van der Waals surface area contributed by atoms with Gasteiger partial charge in [-0.3, -0.25) is 4.79 Å². The zero-order valence-corrected chi connectivity index (χ0v) is 7.07. The molecule has 0 unspecified atom stereocenters. The van der Waals surface area contributed by atoms with Crippen LogP contribution in [-0.4, -0.2) is 11.7 Å². The van der Waals surface area contributed by atoms with E-state index >= 15 is 0 Å². The van der Waals surface area contributed by atoms with Crippen molar-refractivity contribution in [3.63, 3.8) is 0 Å². The minimum absolute atomic E-state index is 0.0461. The third kappa shape index (κ3) is 2.72. The fourth-order valence-corrected chi connectivity index (χ4v) is 1.37. The molecule has 1 fully saturated rings. The highest BCUT2D eigenvalue weighted by atomic mass is 19.3. The van der Waals surface area contributed by atoms with Crippen molar-refractivity contribution in [2.75, 3.05) is 0 Å². The summed E-state index contributed by atoms with van der Waals surface area (Å²) in [6.07, 6.45) is 2.01. The molecule has 0 aromatic carbocycles. The van der Waals surface area contributed by atoms with Crippen molar-refractivity contribution in [1.29, 1.82) is 0 Å². The van der Waals surface area contributed by atoms with Gasteiger partial charge in [0.1, 0.15) is 0 Å². The largest absolute Gasteiger partial charge is 0.295 e. The van der Waals surface area contributed by atoms with Gasteiger partial charge in [0.15, 0.2) is 5.78 Å². The van der Waals surface area contributed by atoms with Gasteiger partial charge in [-0.2, -0.15) is 0 Å². The molecule has 3 heteroatoms. The Bertz CT molecular complexity index is 207. The van der Waals surface area contributed by atoms with E-state index in [1.165, 1.54) is 13.0 Å². The van der Waals surface area contributed by atoms with Crippen molar-refractivity contribution in [3.8, 4) is 0 Å². The van der Waals surface area contributed by atoms with Crippen molar-refractivity contribution in [1.82, 2.24) is 0 Å². The van der Waals surface area contributed by atoms with E-state index in [1.807, 2.05) is 0 Å². The summed E-state index contributed by atoms with van der Waals surface area (Å²) in [5.74, 6) is -2.55. The van der Waals surface area contributed by atoms with E-state index in [-0.39, 0.29) is 18.6 Å². The zero-order valence-electron chi connectivity index (χ0n) is 7.07. The fraction of sp³-hybridized carbons (Fsp3) is 0.667. The second-order valence-corrected chi connectivity index (χ2v) is 3.27. The molecule has 0 heterocycles. The van der Waals surface area contributed by atoms with E-state index in [2.05, 4.69) is 0 Å². The first-order valence-electron chi connectivity index (χ1n) is 4.07. The summed E-state index contributed by atoms with van der Waals surface area (Å²) < 4.78 is 25.2. The minimum atomic E-state index is -2.51. The molecule has 1 nitrogen and oxygen atoms in total. The Labute approximate surface area is 70.5 Å². The average molecular weight is 174 g/mol. The standard InChI is InChI=1S/C9H12F2O/c1-7(12)6-8-2-4-9(10,11)5-3-8/h6H,2-5H2,1H3. The number of carbonyl (C=O) groups is 1. The van der Waals surface area contributed by atoms with Gasteiger partial charge in [-0.25, -0.2) is 8.78 Å². The molecular weight excluding hydrogens is 162 g/mol. The number of ketones is 1. The summed E-state index contributed by atoms with van der Waals surface area (Å²) in [7, 11) is 0. The lowest BCUT2D eigenvalue weighted by Gasteiger charge is -2.22. The number of rotatable bonds is 1. The molecule has 0 saturated heterocycles. The number of hydrogen-bond acceptors (Lipinski definition) is 1. The van der Waals surface area contributed by atoms with Crippen LogP contribution in [0.25, 0.3) is 0 Å². The number of hydrogen-bond donors (Lipinski definition) is 0. The minimum Gasteiger partial charge on any atom is -0.295 e. The summed E-state index contributed by atoms with van der Waals surface area (Å²) in [6, 6.07) is 0. The van der Waals surface area contributed by atoms with E-state index in [0.717, 1.165) is 5.57 Å². The summed E-state index contributed by atoms with van der Waals surface area (Å²) in [6.45, 7) is 1.44. The third-order valence-electron chi connectivity index (χ3n) is 2.03. The molecule has 0 bridgehead atoms. The van der Waals surface area contributed by atoms with Crippen LogP contribution < -0.4 is 0 Å². The van der Waals surface area contributed by atoms with Gasteiger partial charge < -0.3 is 0 Å². The Hall–Kier alpha value is -0.730. The molecule has 0 aromatic heterocycles. The lowest BCUT2D eigenvalue weighted by Crippen LogP contribution is -2.20. The number of allylic oxidation sites excluding steroid dienone is 2. The van der Waals surface area contributed by atoms with E-state index < -0.39 is 5.92 Å². The maximum atomic E-state index is 12.6. The molecule has 0 N–H and O–H groups in total. The highest BCUT2D eigenvalue weighted by Gasteiger charge is 2.32. The summed E-state index contributed by atoms with van der Waals surface area (Å²) in [5.41, 5.74) is 0.869. The van der Waals surface area contributed by atoms with E-state index in [9.17, 15) is 13.6 Å². The van der Waals surface area contributed by atoms with Gasteiger partial charge in [0.25, 0.3) is 0 Å². The molecule has 0 aromatic rings. The Morgan fingerprint density at radius 2 is 1.92 bits per heavy atom. The van der Waals surface area contributed by atoms with Crippen LogP contribution in [0.2, 0.25) is 0 Å². The van der Waals surface area contributed by atoms with E-state index in [1.54, 1.807) is 0 Å². The lowest BCUT2D eigenvalue weighted by atomic mass is 9.91. The van der Waals surface area contributed by atoms with Crippen molar-refractivity contribution < 1.29 is 13.6 Å². The van der Waals surface area contributed by atoms with Crippen molar-refractivity contribution >= 4 is 5.78 Å². The highest BCUT2D eigenvalue weighted by Crippen LogP contribution is 2.35. The monoisotopic (exact) mass is 174 g/mol. The molecule has 1 saturated carbocycles. The Morgan fingerprint density at radius 1 is 1.42 bits per heavy atom. The topological polar surface area (TPSA) is 17.1 Å². The van der Waals surface area contributed by atoms with Crippen LogP contribution in [0.3, 0.4) is 0 Å². The molecule has 0 amide bonds. The smallest absolute Gasteiger partial charge is 0.248 e. The van der Waals surface area contributed by atoms with Gasteiger partial charge in [-0.15, -0.1) is 0 Å². The van der Waals surface area contributed by atoms with Gasteiger partial charge >= 0.3 is 0 Å². The van der Waals surface area contributed by atoms with Crippen LogP contribution in [0.15, 0.2) is 11.6 Å². The van der Waals surface area contributed by atoms with Crippen molar-refractivity contribution in [2.24, 2.45) is 0 Å². The zero-order chi connectivity index (χ0) is 9.19. The summed E-state index contributed by atoms with van der Waals surface area (Å²) in [4.78, 5) is 10.6. The first kappa shape index (κ1) is 9.36. The van der Waals surface area contributed by atoms with E-state index in [0.29, 0.717) is 12.8 Å². The second kappa shape index (κ2) is 3.33. The SMILES string of the molecule is CC(=O)C=C1CCC(F)(F)CC1. The quantitative estimate of drug-likeness (QED) is 0.558. The van der Waals surface area contributed by atoms with Gasteiger partial charge in [-0.05, 0) is 25.8 Å². The molecule has 12 heavy (non-hydrogen) atoms. The van der Waals surface area contributed by atoms with E-state index in [4.69, 9.17) is 0 Å². The lowest BCUT2D eigenvalue weighted by molar-refractivity contribution is -0.112. The maximum absolute atomic E-state index is 12.6. The molecule has 1 aliphatic rings. The van der Waals surface area contributed by atoms with Gasteiger partial charge in [0, 0.05) is 12.8 Å². The normalized spacial score (nSPS) is 22.1. The van der Waals surface area contributed by atoms with Crippen molar-refractivity contribution in [3.05, 3.63) is 11.6 Å². The van der Waals surface area contributed by atoms with Crippen LogP contribution in [0.1, 0.15) is 32.6 Å². The molecular formula is C9H12F2O. The van der Waals surface area contributed by atoms with Gasteiger partial charge in [0.2, 0.25) is 5.92 Å². The van der Waals surface area contributed by atoms with Crippen LogP contribution >= 0.6 is 0 Å². The second-order valence-electron chi connectivity index (χ2n) is 3.27. The third-order valence-corrected chi connectivity index (χ3v) is 2.03. The highest BCUT2D eigenvalue weighted by molar-refractivity contribution is 5.87. The predicted octanol–water partition coefficient (Wildman–Crippen LogP) is 2.71. The molecule has 0 spiro atoms. The van der Waals surface area contributed by atoms with Crippen LogP contribution in [0.5, 0.6) is 0 Å². The van der Waals surface area contributed by atoms with Crippen LogP contribution in [-0.2, 0) is 4.79 Å². The number of alkyl halides is 2. The van der Waals surface area contributed by atoms with Crippen LogP contribution in [0.4, 0.5) is 8.78 Å².